The van der Waals surface area contributed by atoms with Crippen LogP contribution >= 0.6 is 0 Å². The molecule has 11 heavy (non-hydrogen) atoms. The summed E-state index contributed by atoms with van der Waals surface area (Å²) in [7, 11) is 0. The van der Waals surface area contributed by atoms with Gasteiger partial charge in [0.15, 0.2) is 0 Å². The van der Waals surface area contributed by atoms with Crippen LogP contribution in [0.4, 0.5) is 4.39 Å². The summed E-state index contributed by atoms with van der Waals surface area (Å²) in [5, 5.41) is 0. The van der Waals surface area contributed by atoms with Crippen LogP contribution in [-0.4, -0.2) is 0 Å². The van der Waals surface area contributed by atoms with Crippen LogP contribution in [0, 0.1) is 11.9 Å². The standard InChI is InChI=1S/C10H12F/c1-3-8-5-6-9(4-2)10(11)7-8/h5-6H,3-4H2,1-2H3. The number of aryl methyl sites for hydroxylation is 2. The molecule has 59 valence electrons. The van der Waals surface area contributed by atoms with E-state index in [4.69, 9.17) is 0 Å². The Morgan fingerprint density at radius 3 is 2.45 bits per heavy atom. The second-order valence-corrected chi connectivity index (χ2v) is 2.53. The number of hydrogen-bond donors (Lipinski definition) is 0. The minimum Gasteiger partial charge on any atom is -0.206 e. The van der Waals surface area contributed by atoms with E-state index >= 15 is 0 Å². The molecule has 0 N–H and O–H groups in total. The average molecular weight is 151 g/mol. The molecule has 0 saturated carbocycles. The molecule has 0 aliphatic rings. The first kappa shape index (κ1) is 8.25. The zero-order valence-corrected chi connectivity index (χ0v) is 6.95. The van der Waals surface area contributed by atoms with E-state index in [-0.39, 0.29) is 5.82 Å². The summed E-state index contributed by atoms with van der Waals surface area (Å²) in [5.74, 6) is -0.188. The zero-order valence-electron chi connectivity index (χ0n) is 6.95. The Labute approximate surface area is 67.1 Å². The van der Waals surface area contributed by atoms with E-state index in [9.17, 15) is 4.39 Å². The topological polar surface area (TPSA) is 0 Å². The predicted molar refractivity (Wildman–Crippen MR) is 44.0 cm³/mol. The van der Waals surface area contributed by atoms with Gasteiger partial charge in [0.25, 0.3) is 0 Å². The lowest BCUT2D eigenvalue weighted by Crippen LogP contribution is -1.90. The van der Waals surface area contributed by atoms with E-state index in [0.717, 1.165) is 24.0 Å². The summed E-state index contributed by atoms with van der Waals surface area (Å²) in [4.78, 5) is 0. The SMILES string of the molecule is CCc1[c]c(F)c(CC)cc1. The largest absolute Gasteiger partial charge is 0.206 e. The fourth-order valence-electron chi connectivity index (χ4n) is 1.02. The van der Waals surface area contributed by atoms with Gasteiger partial charge in [-0.25, -0.2) is 4.39 Å². The molecule has 0 aliphatic heterocycles. The maximum Gasteiger partial charge on any atom is 0.134 e. The molecule has 0 nitrogen and oxygen atoms in total. The van der Waals surface area contributed by atoms with E-state index in [1.54, 1.807) is 0 Å². The van der Waals surface area contributed by atoms with Gasteiger partial charge in [0.2, 0.25) is 0 Å². The molecule has 0 saturated heterocycles. The highest BCUT2D eigenvalue weighted by Crippen LogP contribution is 2.10. The lowest BCUT2D eigenvalue weighted by Gasteiger charge is -2.00. The fraction of sp³-hybridized carbons (Fsp3) is 0.400. The van der Waals surface area contributed by atoms with Crippen LogP contribution in [0.25, 0.3) is 0 Å². The molecule has 0 aliphatic carbocycles. The van der Waals surface area contributed by atoms with Crippen molar-refractivity contribution in [1.82, 2.24) is 0 Å². The molecule has 0 amide bonds. The van der Waals surface area contributed by atoms with Gasteiger partial charge in [-0.15, -0.1) is 0 Å². The van der Waals surface area contributed by atoms with E-state index in [0.29, 0.717) is 0 Å². The quantitative estimate of drug-likeness (QED) is 0.609. The highest BCUT2D eigenvalue weighted by Gasteiger charge is 1.99. The Balaban J connectivity index is 2.99. The number of halogens is 1. The fourth-order valence-corrected chi connectivity index (χ4v) is 1.02. The Hall–Kier alpha value is -0.850. The maximum atomic E-state index is 13.0. The van der Waals surface area contributed by atoms with E-state index in [2.05, 4.69) is 6.07 Å². The second kappa shape index (κ2) is 3.51. The smallest absolute Gasteiger partial charge is 0.134 e. The summed E-state index contributed by atoms with van der Waals surface area (Å²) in [6, 6.07) is 6.48. The van der Waals surface area contributed by atoms with E-state index in [1.807, 2.05) is 26.0 Å². The molecule has 0 spiro atoms. The molecule has 1 aromatic carbocycles. The van der Waals surface area contributed by atoms with Crippen LogP contribution in [0.5, 0.6) is 0 Å². The monoisotopic (exact) mass is 151 g/mol. The van der Waals surface area contributed by atoms with Crippen molar-refractivity contribution < 1.29 is 4.39 Å². The molecular formula is C10H12F. The minimum absolute atomic E-state index is 0.188. The van der Waals surface area contributed by atoms with E-state index in [1.165, 1.54) is 0 Å². The lowest BCUT2D eigenvalue weighted by atomic mass is 10.1. The summed E-state index contributed by atoms with van der Waals surface area (Å²) in [6.45, 7) is 3.94. The first-order chi connectivity index (χ1) is 5.27. The number of rotatable bonds is 2. The highest BCUT2D eigenvalue weighted by molar-refractivity contribution is 5.22. The molecule has 0 atom stereocenters. The number of hydrogen-bond acceptors (Lipinski definition) is 0. The molecule has 1 rings (SSSR count). The van der Waals surface area contributed by atoms with Crippen LogP contribution < -0.4 is 0 Å². The van der Waals surface area contributed by atoms with Gasteiger partial charge in [0.1, 0.15) is 5.82 Å². The summed E-state index contributed by atoms with van der Waals surface area (Å²) in [6.07, 6.45) is 1.59. The Kier molecular flexibility index (Phi) is 2.64. The summed E-state index contributed by atoms with van der Waals surface area (Å²) in [5.41, 5.74) is 1.70. The van der Waals surface area contributed by atoms with Gasteiger partial charge in [0.05, 0.1) is 0 Å². The van der Waals surface area contributed by atoms with Crippen LogP contribution in [0.1, 0.15) is 25.0 Å². The van der Waals surface area contributed by atoms with Gasteiger partial charge >= 0.3 is 0 Å². The van der Waals surface area contributed by atoms with Crippen molar-refractivity contribution in [2.45, 2.75) is 26.7 Å². The van der Waals surface area contributed by atoms with Gasteiger partial charge in [-0.3, -0.25) is 0 Å². The van der Waals surface area contributed by atoms with Crippen LogP contribution in [0.2, 0.25) is 0 Å². The molecule has 0 unspecified atom stereocenters. The van der Waals surface area contributed by atoms with Crippen molar-refractivity contribution in [1.29, 1.82) is 0 Å². The molecule has 0 heterocycles. The summed E-state index contributed by atoms with van der Waals surface area (Å²) < 4.78 is 13.0. The van der Waals surface area contributed by atoms with Gasteiger partial charge in [-0.05, 0) is 24.0 Å². The normalized spacial score (nSPS) is 10.1. The third-order valence-corrected chi connectivity index (χ3v) is 1.80. The molecule has 0 fully saturated rings. The van der Waals surface area contributed by atoms with Crippen molar-refractivity contribution in [2.24, 2.45) is 0 Å². The number of benzene rings is 1. The Morgan fingerprint density at radius 1 is 1.27 bits per heavy atom. The Morgan fingerprint density at radius 2 is 2.00 bits per heavy atom. The minimum atomic E-state index is -0.188. The van der Waals surface area contributed by atoms with Crippen LogP contribution in [0.15, 0.2) is 12.1 Å². The first-order valence-corrected chi connectivity index (χ1v) is 3.97. The van der Waals surface area contributed by atoms with Crippen molar-refractivity contribution in [2.75, 3.05) is 0 Å². The maximum absolute atomic E-state index is 13.0. The van der Waals surface area contributed by atoms with Gasteiger partial charge < -0.3 is 0 Å². The van der Waals surface area contributed by atoms with Gasteiger partial charge in [0, 0.05) is 6.07 Å². The molecule has 1 radical (unpaired) electrons. The molecule has 1 aromatic rings. The van der Waals surface area contributed by atoms with E-state index < -0.39 is 0 Å². The third kappa shape index (κ3) is 1.79. The van der Waals surface area contributed by atoms with Crippen molar-refractivity contribution >= 4 is 0 Å². The highest BCUT2D eigenvalue weighted by atomic mass is 19.1. The van der Waals surface area contributed by atoms with Gasteiger partial charge in [-0.2, -0.15) is 0 Å². The molecule has 0 bridgehead atoms. The summed E-state index contributed by atoms with van der Waals surface area (Å²) >= 11 is 0. The molecule has 0 aromatic heterocycles. The van der Waals surface area contributed by atoms with Crippen molar-refractivity contribution in [3.8, 4) is 0 Å². The van der Waals surface area contributed by atoms with Gasteiger partial charge in [-0.1, -0.05) is 26.0 Å². The average Bonchev–Trinajstić information content (AvgIpc) is 2.04. The Bertz CT molecular complexity index is 241. The van der Waals surface area contributed by atoms with Crippen molar-refractivity contribution in [3.05, 3.63) is 35.1 Å². The van der Waals surface area contributed by atoms with Crippen LogP contribution in [-0.2, 0) is 12.8 Å². The lowest BCUT2D eigenvalue weighted by molar-refractivity contribution is 0.607. The van der Waals surface area contributed by atoms with Crippen LogP contribution in [0.3, 0.4) is 0 Å². The van der Waals surface area contributed by atoms with Crippen molar-refractivity contribution in [3.63, 3.8) is 0 Å². The predicted octanol–water partition coefficient (Wildman–Crippen LogP) is 2.75. The molecule has 1 heteroatoms. The first-order valence-electron chi connectivity index (χ1n) is 3.97. The second-order valence-electron chi connectivity index (χ2n) is 2.53. The zero-order chi connectivity index (χ0) is 8.27. The third-order valence-electron chi connectivity index (χ3n) is 1.80. The molecular weight excluding hydrogens is 139 g/mol.